The quantitative estimate of drug-likeness (QED) is 0.848. The number of benzene rings is 1. The summed E-state index contributed by atoms with van der Waals surface area (Å²) in [4.78, 5) is 0. The van der Waals surface area contributed by atoms with Crippen molar-refractivity contribution in [3.63, 3.8) is 0 Å². The lowest BCUT2D eigenvalue weighted by Gasteiger charge is -2.15. The molecule has 0 radical (unpaired) electrons. The third kappa shape index (κ3) is 3.51. The number of rotatable bonds is 6. The maximum Gasteiger partial charge on any atom is 0.179 e. The minimum atomic E-state index is -0.507. The summed E-state index contributed by atoms with van der Waals surface area (Å²) in [5.74, 6) is 1.05. The van der Waals surface area contributed by atoms with E-state index in [2.05, 4.69) is 6.92 Å². The van der Waals surface area contributed by atoms with Gasteiger partial charge in [0.1, 0.15) is 0 Å². The van der Waals surface area contributed by atoms with Gasteiger partial charge in [0.25, 0.3) is 0 Å². The highest BCUT2D eigenvalue weighted by atomic mass is 35.5. The molecule has 3 nitrogen and oxygen atoms in total. The van der Waals surface area contributed by atoms with Gasteiger partial charge in [-0.25, -0.2) is 0 Å². The van der Waals surface area contributed by atoms with Gasteiger partial charge in [0.2, 0.25) is 0 Å². The lowest BCUT2D eigenvalue weighted by atomic mass is 10.0. The summed E-state index contributed by atoms with van der Waals surface area (Å²) in [6.45, 7) is 2.09. The average Bonchev–Trinajstić information content (AvgIpc) is 2.34. The topological polar surface area (TPSA) is 38.7 Å². The molecule has 1 atom stereocenters. The van der Waals surface area contributed by atoms with Crippen LogP contribution in [0.3, 0.4) is 0 Å². The van der Waals surface area contributed by atoms with Crippen molar-refractivity contribution in [2.45, 2.75) is 32.3 Å². The zero-order valence-electron chi connectivity index (χ0n) is 10.5. The summed E-state index contributed by atoms with van der Waals surface area (Å²) in [6, 6.07) is 3.49. The van der Waals surface area contributed by atoms with E-state index in [0.29, 0.717) is 16.5 Å². The van der Waals surface area contributed by atoms with Gasteiger partial charge in [0.15, 0.2) is 11.5 Å². The minimum Gasteiger partial charge on any atom is -0.493 e. The Morgan fingerprint density at radius 1 is 1.29 bits per heavy atom. The molecule has 0 spiro atoms. The molecule has 0 saturated heterocycles. The second kappa shape index (κ2) is 6.72. The highest BCUT2D eigenvalue weighted by Gasteiger charge is 2.15. The molecule has 0 aliphatic heterocycles. The SMILES string of the molecule is CCCCC(O)c1cc(Cl)c(OC)c(OC)c1. The second-order valence-corrected chi connectivity index (χ2v) is 4.30. The molecule has 0 saturated carbocycles. The standard InChI is InChI=1S/C13H19ClO3/c1-4-5-6-11(15)9-7-10(14)13(17-3)12(8-9)16-2/h7-8,11,15H,4-6H2,1-3H3. The fourth-order valence-corrected chi connectivity index (χ4v) is 1.99. The number of aliphatic hydroxyl groups is 1. The fourth-order valence-electron chi connectivity index (χ4n) is 1.69. The molecule has 0 heterocycles. The summed E-state index contributed by atoms with van der Waals surface area (Å²) < 4.78 is 10.3. The summed E-state index contributed by atoms with van der Waals surface area (Å²) in [5, 5.41) is 10.5. The van der Waals surface area contributed by atoms with E-state index in [1.165, 1.54) is 7.11 Å². The molecule has 17 heavy (non-hydrogen) atoms. The molecular weight excluding hydrogens is 240 g/mol. The van der Waals surface area contributed by atoms with Gasteiger partial charge in [-0.2, -0.15) is 0 Å². The molecule has 0 amide bonds. The van der Waals surface area contributed by atoms with Gasteiger partial charge in [0.05, 0.1) is 25.3 Å². The van der Waals surface area contributed by atoms with Gasteiger partial charge >= 0.3 is 0 Å². The van der Waals surface area contributed by atoms with Crippen LogP contribution in [0.1, 0.15) is 37.9 Å². The molecule has 0 aromatic heterocycles. The van der Waals surface area contributed by atoms with Gasteiger partial charge in [-0.3, -0.25) is 0 Å². The van der Waals surface area contributed by atoms with Crippen molar-refractivity contribution < 1.29 is 14.6 Å². The molecule has 0 aliphatic rings. The number of unbranched alkanes of at least 4 members (excludes halogenated alkanes) is 1. The molecule has 0 aliphatic carbocycles. The van der Waals surface area contributed by atoms with E-state index in [-0.39, 0.29) is 0 Å². The predicted octanol–water partition coefficient (Wildman–Crippen LogP) is 3.58. The van der Waals surface area contributed by atoms with Crippen LogP contribution in [0.2, 0.25) is 5.02 Å². The van der Waals surface area contributed by atoms with Gasteiger partial charge < -0.3 is 14.6 Å². The van der Waals surface area contributed by atoms with E-state index >= 15 is 0 Å². The second-order valence-electron chi connectivity index (χ2n) is 3.90. The maximum atomic E-state index is 10.0. The van der Waals surface area contributed by atoms with E-state index in [4.69, 9.17) is 21.1 Å². The van der Waals surface area contributed by atoms with Crippen molar-refractivity contribution in [2.24, 2.45) is 0 Å². The highest BCUT2D eigenvalue weighted by Crippen LogP contribution is 2.38. The number of hydrogen-bond acceptors (Lipinski definition) is 3. The minimum absolute atomic E-state index is 0.456. The lowest BCUT2D eigenvalue weighted by molar-refractivity contribution is 0.163. The van der Waals surface area contributed by atoms with Gasteiger partial charge in [-0.15, -0.1) is 0 Å². The Kier molecular flexibility index (Phi) is 5.59. The Morgan fingerprint density at radius 2 is 2.00 bits per heavy atom. The molecule has 1 unspecified atom stereocenters. The molecule has 1 aromatic carbocycles. The van der Waals surface area contributed by atoms with Gasteiger partial charge in [-0.05, 0) is 24.1 Å². The van der Waals surface area contributed by atoms with Crippen molar-refractivity contribution in [1.29, 1.82) is 0 Å². The van der Waals surface area contributed by atoms with Crippen molar-refractivity contribution in [3.05, 3.63) is 22.7 Å². The molecular formula is C13H19ClO3. The van der Waals surface area contributed by atoms with E-state index in [0.717, 1.165) is 24.8 Å². The lowest BCUT2D eigenvalue weighted by Crippen LogP contribution is -2.00. The predicted molar refractivity (Wildman–Crippen MR) is 69.0 cm³/mol. The first-order valence-corrected chi connectivity index (χ1v) is 6.11. The molecule has 1 aromatic rings. The van der Waals surface area contributed by atoms with Crippen LogP contribution in [0.25, 0.3) is 0 Å². The Labute approximate surface area is 107 Å². The number of aliphatic hydroxyl groups excluding tert-OH is 1. The van der Waals surface area contributed by atoms with Crippen molar-refractivity contribution in [2.75, 3.05) is 14.2 Å². The average molecular weight is 259 g/mol. The van der Waals surface area contributed by atoms with Crippen LogP contribution < -0.4 is 9.47 Å². The zero-order chi connectivity index (χ0) is 12.8. The van der Waals surface area contributed by atoms with Gasteiger partial charge in [-0.1, -0.05) is 31.4 Å². The summed E-state index contributed by atoms with van der Waals surface area (Å²) in [5.41, 5.74) is 0.765. The largest absolute Gasteiger partial charge is 0.493 e. The number of methoxy groups -OCH3 is 2. The monoisotopic (exact) mass is 258 g/mol. The smallest absolute Gasteiger partial charge is 0.179 e. The Hall–Kier alpha value is -0.930. The van der Waals surface area contributed by atoms with Crippen LogP contribution in [0.15, 0.2) is 12.1 Å². The Balaban J connectivity index is 2.98. The molecule has 0 bridgehead atoms. The molecule has 96 valence electrons. The molecule has 1 N–H and O–H groups in total. The molecule has 4 heteroatoms. The van der Waals surface area contributed by atoms with E-state index in [1.54, 1.807) is 19.2 Å². The molecule has 0 fully saturated rings. The first-order chi connectivity index (χ1) is 8.13. The third-order valence-corrected chi connectivity index (χ3v) is 2.95. The van der Waals surface area contributed by atoms with E-state index in [1.807, 2.05) is 0 Å². The summed E-state index contributed by atoms with van der Waals surface area (Å²) >= 11 is 6.08. The van der Waals surface area contributed by atoms with Crippen LogP contribution >= 0.6 is 11.6 Å². The third-order valence-electron chi connectivity index (χ3n) is 2.67. The number of hydrogen-bond donors (Lipinski definition) is 1. The Bertz CT molecular complexity index is 366. The maximum absolute atomic E-state index is 10.0. The summed E-state index contributed by atoms with van der Waals surface area (Å²) in [7, 11) is 3.09. The van der Waals surface area contributed by atoms with Crippen LogP contribution in [-0.4, -0.2) is 19.3 Å². The summed E-state index contributed by atoms with van der Waals surface area (Å²) in [6.07, 6.45) is 2.25. The van der Waals surface area contributed by atoms with E-state index < -0.39 is 6.10 Å². The Morgan fingerprint density at radius 3 is 2.53 bits per heavy atom. The van der Waals surface area contributed by atoms with Crippen LogP contribution in [0.5, 0.6) is 11.5 Å². The van der Waals surface area contributed by atoms with Crippen molar-refractivity contribution in [1.82, 2.24) is 0 Å². The number of halogens is 1. The van der Waals surface area contributed by atoms with Crippen LogP contribution in [0.4, 0.5) is 0 Å². The van der Waals surface area contributed by atoms with Crippen LogP contribution in [-0.2, 0) is 0 Å². The zero-order valence-corrected chi connectivity index (χ0v) is 11.3. The number of ether oxygens (including phenoxy) is 2. The van der Waals surface area contributed by atoms with Crippen molar-refractivity contribution in [3.8, 4) is 11.5 Å². The first kappa shape index (κ1) is 14.1. The first-order valence-electron chi connectivity index (χ1n) is 5.73. The molecule has 1 rings (SSSR count). The van der Waals surface area contributed by atoms with Gasteiger partial charge in [0, 0.05) is 0 Å². The van der Waals surface area contributed by atoms with E-state index in [9.17, 15) is 5.11 Å². The fraction of sp³-hybridized carbons (Fsp3) is 0.538. The van der Waals surface area contributed by atoms with Crippen molar-refractivity contribution >= 4 is 11.6 Å². The van der Waals surface area contributed by atoms with Crippen LogP contribution in [0, 0.1) is 0 Å². The normalized spacial score (nSPS) is 12.3. The highest BCUT2D eigenvalue weighted by molar-refractivity contribution is 6.32.